The van der Waals surface area contributed by atoms with Crippen LogP contribution in [0, 0.1) is 0 Å². The Morgan fingerprint density at radius 3 is 2.20 bits per heavy atom. The van der Waals surface area contributed by atoms with Gasteiger partial charge in [0.25, 0.3) is 0 Å². The number of piperidine rings is 1. The number of nitrogens with zero attached hydrogens (tertiary/aromatic N) is 1. The topological polar surface area (TPSA) is 15.3 Å². The molecule has 2 nitrogen and oxygen atoms in total. The van der Waals surface area contributed by atoms with E-state index in [0.717, 1.165) is 24.0 Å². The summed E-state index contributed by atoms with van der Waals surface area (Å²) in [6.07, 6.45) is 8.32. The van der Waals surface area contributed by atoms with Gasteiger partial charge < -0.3 is 10.2 Å². The van der Waals surface area contributed by atoms with Crippen molar-refractivity contribution in [3.8, 4) is 0 Å². The monoisotopic (exact) mass is 270 g/mol. The van der Waals surface area contributed by atoms with E-state index in [0.29, 0.717) is 0 Å². The molecule has 1 N–H and O–H groups in total. The number of rotatable bonds is 4. The van der Waals surface area contributed by atoms with Crippen molar-refractivity contribution in [1.29, 1.82) is 0 Å². The zero-order valence-electron chi connectivity index (χ0n) is 12.3. The van der Waals surface area contributed by atoms with E-state index >= 15 is 0 Å². The maximum atomic E-state index is 3.91. The van der Waals surface area contributed by atoms with Gasteiger partial charge in [0.15, 0.2) is 0 Å². The van der Waals surface area contributed by atoms with Gasteiger partial charge in [-0.05, 0) is 63.1 Å². The Hall–Kier alpha value is -0.860. The van der Waals surface area contributed by atoms with Crippen LogP contribution in [-0.4, -0.2) is 36.1 Å². The van der Waals surface area contributed by atoms with E-state index in [2.05, 4.69) is 40.5 Å². The smallest absolute Gasteiger partial charge is 0.00964 e. The summed E-state index contributed by atoms with van der Waals surface area (Å²) in [6.45, 7) is 2.66. The van der Waals surface area contributed by atoms with Gasteiger partial charge in [0.1, 0.15) is 0 Å². The zero-order chi connectivity index (χ0) is 13.4. The maximum Gasteiger partial charge on any atom is 0.00964 e. The van der Waals surface area contributed by atoms with E-state index in [1.807, 2.05) is 0 Å². The zero-order valence-corrected chi connectivity index (χ0v) is 12.3. The predicted molar refractivity (Wildman–Crippen MR) is 83.0 cm³/mol. The highest BCUT2D eigenvalue weighted by Gasteiger charge is 2.35. The normalized spacial score (nSPS) is 32.0. The standard InChI is InChI=1S/C18H26N2/c1-2-4-14(5-3-1)15-12-17(13-15)19-16-8-10-20(11-9-16)18-6-7-18/h1-5,15-19H,6-13H2. The summed E-state index contributed by atoms with van der Waals surface area (Å²) in [5.74, 6) is 0.806. The first-order valence-corrected chi connectivity index (χ1v) is 8.43. The number of likely N-dealkylation sites (tertiary alicyclic amines) is 1. The lowest BCUT2D eigenvalue weighted by molar-refractivity contribution is 0.165. The minimum absolute atomic E-state index is 0.776. The Morgan fingerprint density at radius 2 is 1.55 bits per heavy atom. The van der Waals surface area contributed by atoms with Crippen LogP contribution in [0.2, 0.25) is 0 Å². The summed E-state index contributed by atoms with van der Waals surface area (Å²) >= 11 is 0. The number of benzene rings is 1. The second kappa shape index (κ2) is 5.50. The van der Waals surface area contributed by atoms with Crippen LogP contribution in [0.5, 0.6) is 0 Å². The maximum absolute atomic E-state index is 3.91. The van der Waals surface area contributed by atoms with Gasteiger partial charge in [-0.1, -0.05) is 30.3 Å². The van der Waals surface area contributed by atoms with Crippen LogP contribution in [0.4, 0.5) is 0 Å². The summed E-state index contributed by atoms with van der Waals surface area (Å²) in [7, 11) is 0. The summed E-state index contributed by atoms with van der Waals surface area (Å²) in [6, 6.07) is 13.6. The minimum Gasteiger partial charge on any atom is -0.311 e. The second-order valence-corrected chi connectivity index (χ2v) is 6.98. The van der Waals surface area contributed by atoms with E-state index in [4.69, 9.17) is 0 Å². The molecule has 3 fully saturated rings. The van der Waals surface area contributed by atoms with Crippen LogP contribution in [0.15, 0.2) is 30.3 Å². The van der Waals surface area contributed by atoms with Crippen molar-refractivity contribution in [3.05, 3.63) is 35.9 Å². The van der Waals surface area contributed by atoms with Crippen molar-refractivity contribution >= 4 is 0 Å². The van der Waals surface area contributed by atoms with Gasteiger partial charge >= 0.3 is 0 Å². The minimum atomic E-state index is 0.776. The molecule has 1 saturated heterocycles. The lowest BCUT2D eigenvalue weighted by atomic mass is 9.75. The van der Waals surface area contributed by atoms with E-state index in [1.165, 1.54) is 57.2 Å². The van der Waals surface area contributed by atoms with Crippen molar-refractivity contribution in [3.63, 3.8) is 0 Å². The number of nitrogens with one attached hydrogen (secondary N) is 1. The molecule has 1 aliphatic heterocycles. The quantitative estimate of drug-likeness (QED) is 0.904. The molecule has 2 saturated carbocycles. The van der Waals surface area contributed by atoms with Crippen LogP contribution in [0.3, 0.4) is 0 Å². The highest BCUT2D eigenvalue weighted by Crippen LogP contribution is 2.37. The largest absolute Gasteiger partial charge is 0.311 e. The van der Waals surface area contributed by atoms with Gasteiger partial charge in [0.05, 0.1) is 0 Å². The first kappa shape index (κ1) is 12.8. The van der Waals surface area contributed by atoms with E-state index in [1.54, 1.807) is 0 Å². The molecule has 0 atom stereocenters. The van der Waals surface area contributed by atoms with Crippen molar-refractivity contribution in [2.24, 2.45) is 0 Å². The Bertz CT molecular complexity index is 426. The molecule has 1 aromatic carbocycles. The summed E-state index contributed by atoms with van der Waals surface area (Å²) in [4.78, 5) is 2.71. The van der Waals surface area contributed by atoms with Crippen molar-refractivity contribution in [2.75, 3.05) is 13.1 Å². The molecule has 0 radical (unpaired) electrons. The molecule has 0 unspecified atom stereocenters. The third-order valence-electron chi connectivity index (χ3n) is 5.47. The lowest BCUT2D eigenvalue weighted by Gasteiger charge is -2.41. The molecule has 0 bridgehead atoms. The third-order valence-corrected chi connectivity index (χ3v) is 5.47. The SMILES string of the molecule is c1ccc(C2CC(NC3CCN(C4CC4)CC3)C2)cc1. The first-order valence-electron chi connectivity index (χ1n) is 8.43. The fourth-order valence-corrected chi connectivity index (χ4v) is 3.96. The van der Waals surface area contributed by atoms with Gasteiger partial charge in [-0.2, -0.15) is 0 Å². The van der Waals surface area contributed by atoms with Crippen molar-refractivity contribution in [2.45, 2.75) is 62.6 Å². The molecule has 0 aromatic heterocycles. The number of hydrogen-bond acceptors (Lipinski definition) is 2. The van der Waals surface area contributed by atoms with Gasteiger partial charge in [0, 0.05) is 18.1 Å². The third kappa shape index (κ3) is 2.77. The molecule has 108 valence electrons. The predicted octanol–water partition coefficient (Wildman–Crippen LogP) is 3.15. The molecular weight excluding hydrogens is 244 g/mol. The Kier molecular flexibility index (Phi) is 3.53. The summed E-state index contributed by atoms with van der Waals surface area (Å²) in [5, 5.41) is 3.91. The average Bonchev–Trinajstić information content (AvgIpc) is 3.29. The first-order chi connectivity index (χ1) is 9.88. The highest BCUT2D eigenvalue weighted by molar-refractivity contribution is 5.22. The van der Waals surface area contributed by atoms with Gasteiger partial charge in [-0.25, -0.2) is 0 Å². The Balaban J connectivity index is 1.20. The molecule has 3 aliphatic rings. The molecule has 4 rings (SSSR count). The van der Waals surface area contributed by atoms with Crippen LogP contribution in [-0.2, 0) is 0 Å². The van der Waals surface area contributed by atoms with Crippen LogP contribution in [0.1, 0.15) is 50.0 Å². The fraction of sp³-hybridized carbons (Fsp3) is 0.667. The summed E-state index contributed by atoms with van der Waals surface area (Å²) < 4.78 is 0. The van der Waals surface area contributed by atoms with Crippen LogP contribution >= 0.6 is 0 Å². The van der Waals surface area contributed by atoms with Crippen molar-refractivity contribution in [1.82, 2.24) is 10.2 Å². The molecule has 1 aromatic rings. The average molecular weight is 270 g/mol. The van der Waals surface area contributed by atoms with Gasteiger partial charge in [0.2, 0.25) is 0 Å². The molecule has 1 heterocycles. The molecular formula is C18H26N2. The molecule has 0 spiro atoms. The number of hydrogen-bond donors (Lipinski definition) is 1. The van der Waals surface area contributed by atoms with Gasteiger partial charge in [-0.15, -0.1) is 0 Å². The van der Waals surface area contributed by atoms with E-state index in [9.17, 15) is 0 Å². The Labute approximate surface area is 122 Å². The molecule has 2 heteroatoms. The highest BCUT2D eigenvalue weighted by atomic mass is 15.2. The lowest BCUT2D eigenvalue weighted by Crippen LogP contribution is -2.50. The molecule has 2 aliphatic carbocycles. The van der Waals surface area contributed by atoms with Crippen molar-refractivity contribution < 1.29 is 0 Å². The second-order valence-electron chi connectivity index (χ2n) is 6.98. The molecule has 0 amide bonds. The summed E-state index contributed by atoms with van der Waals surface area (Å²) in [5.41, 5.74) is 1.54. The van der Waals surface area contributed by atoms with Crippen LogP contribution < -0.4 is 5.32 Å². The van der Waals surface area contributed by atoms with E-state index < -0.39 is 0 Å². The van der Waals surface area contributed by atoms with E-state index in [-0.39, 0.29) is 0 Å². The Morgan fingerprint density at radius 1 is 0.850 bits per heavy atom. The fourth-order valence-electron chi connectivity index (χ4n) is 3.96. The van der Waals surface area contributed by atoms with Crippen LogP contribution in [0.25, 0.3) is 0 Å². The van der Waals surface area contributed by atoms with Gasteiger partial charge in [-0.3, -0.25) is 0 Å². The molecule has 20 heavy (non-hydrogen) atoms.